The third-order valence-electron chi connectivity index (χ3n) is 1.25. The predicted octanol–water partition coefficient (Wildman–Crippen LogP) is 1.62. The molecule has 0 aliphatic heterocycles. The first-order valence-electron chi connectivity index (χ1n) is 3.55. The first kappa shape index (κ1) is 9.19. The molecule has 0 radical (unpaired) electrons. The SMILES string of the molecule is CCCCC(O)/C=C/C#N. The Labute approximate surface area is 61.8 Å². The number of nitriles is 1. The monoisotopic (exact) mass is 139 g/mol. The highest BCUT2D eigenvalue weighted by atomic mass is 16.3. The Kier molecular flexibility index (Phi) is 5.80. The second kappa shape index (κ2) is 6.31. The third kappa shape index (κ3) is 5.33. The van der Waals surface area contributed by atoms with Crippen molar-refractivity contribution >= 4 is 0 Å². The normalized spacial score (nSPS) is 13.3. The molecule has 1 unspecified atom stereocenters. The van der Waals surface area contributed by atoms with E-state index in [1.807, 2.05) is 6.07 Å². The number of hydrogen-bond donors (Lipinski definition) is 1. The molecule has 0 saturated heterocycles. The van der Waals surface area contributed by atoms with E-state index < -0.39 is 6.10 Å². The molecule has 2 heteroatoms. The average molecular weight is 139 g/mol. The molecule has 0 saturated carbocycles. The number of hydrogen-bond acceptors (Lipinski definition) is 2. The Balaban J connectivity index is 3.35. The molecule has 0 aliphatic rings. The summed E-state index contributed by atoms with van der Waals surface area (Å²) in [6.07, 6.45) is 5.26. The van der Waals surface area contributed by atoms with Crippen LogP contribution in [0.15, 0.2) is 12.2 Å². The number of unbranched alkanes of at least 4 members (excludes halogenated alkanes) is 1. The fourth-order valence-electron chi connectivity index (χ4n) is 0.664. The number of allylic oxidation sites excluding steroid dienone is 1. The molecule has 10 heavy (non-hydrogen) atoms. The molecule has 0 spiro atoms. The highest BCUT2D eigenvalue weighted by molar-refractivity contribution is 5.04. The Morgan fingerprint density at radius 3 is 2.90 bits per heavy atom. The Bertz CT molecular complexity index is 135. The lowest BCUT2D eigenvalue weighted by Gasteiger charge is -2.00. The van der Waals surface area contributed by atoms with Gasteiger partial charge in [-0.3, -0.25) is 0 Å². The van der Waals surface area contributed by atoms with E-state index in [9.17, 15) is 0 Å². The minimum Gasteiger partial charge on any atom is -0.389 e. The van der Waals surface area contributed by atoms with E-state index in [2.05, 4.69) is 6.92 Å². The summed E-state index contributed by atoms with van der Waals surface area (Å²) < 4.78 is 0. The summed E-state index contributed by atoms with van der Waals surface area (Å²) in [7, 11) is 0. The summed E-state index contributed by atoms with van der Waals surface area (Å²) >= 11 is 0. The molecule has 0 amide bonds. The molecule has 0 bridgehead atoms. The molecule has 0 aromatic carbocycles. The van der Waals surface area contributed by atoms with E-state index in [0.717, 1.165) is 19.3 Å². The van der Waals surface area contributed by atoms with Gasteiger partial charge < -0.3 is 5.11 Å². The summed E-state index contributed by atoms with van der Waals surface area (Å²) in [5.74, 6) is 0. The standard InChI is InChI=1S/C8H13NO/c1-2-3-5-8(10)6-4-7-9/h4,6,8,10H,2-3,5H2,1H3/b6-4+. The van der Waals surface area contributed by atoms with Gasteiger partial charge >= 0.3 is 0 Å². The first-order chi connectivity index (χ1) is 4.81. The number of aliphatic hydroxyl groups is 1. The van der Waals surface area contributed by atoms with Gasteiger partial charge in [-0.15, -0.1) is 0 Å². The van der Waals surface area contributed by atoms with Crippen LogP contribution in [-0.2, 0) is 0 Å². The largest absolute Gasteiger partial charge is 0.389 e. The van der Waals surface area contributed by atoms with Crippen molar-refractivity contribution in [1.29, 1.82) is 5.26 Å². The first-order valence-corrected chi connectivity index (χ1v) is 3.55. The number of nitrogens with zero attached hydrogens (tertiary/aromatic N) is 1. The zero-order chi connectivity index (χ0) is 7.82. The molecule has 0 aliphatic carbocycles. The fraction of sp³-hybridized carbons (Fsp3) is 0.625. The van der Waals surface area contributed by atoms with Crippen LogP contribution in [0.4, 0.5) is 0 Å². The maximum Gasteiger partial charge on any atom is 0.0909 e. The summed E-state index contributed by atoms with van der Waals surface area (Å²) in [4.78, 5) is 0. The van der Waals surface area contributed by atoms with Gasteiger partial charge in [0.15, 0.2) is 0 Å². The third-order valence-corrected chi connectivity index (χ3v) is 1.25. The molecular weight excluding hydrogens is 126 g/mol. The molecule has 0 aromatic rings. The van der Waals surface area contributed by atoms with Crippen molar-refractivity contribution in [3.05, 3.63) is 12.2 Å². The molecule has 0 rings (SSSR count). The van der Waals surface area contributed by atoms with Crippen molar-refractivity contribution in [2.24, 2.45) is 0 Å². The number of rotatable bonds is 4. The van der Waals surface area contributed by atoms with Crippen LogP contribution >= 0.6 is 0 Å². The smallest absolute Gasteiger partial charge is 0.0909 e. The predicted molar refractivity (Wildman–Crippen MR) is 40.3 cm³/mol. The van der Waals surface area contributed by atoms with Crippen molar-refractivity contribution in [3.8, 4) is 6.07 Å². The summed E-state index contributed by atoms with van der Waals surface area (Å²) in [6.45, 7) is 2.07. The van der Waals surface area contributed by atoms with Crippen molar-refractivity contribution in [2.45, 2.75) is 32.3 Å². The van der Waals surface area contributed by atoms with Crippen LogP contribution in [0.5, 0.6) is 0 Å². The lowest BCUT2D eigenvalue weighted by molar-refractivity contribution is 0.209. The highest BCUT2D eigenvalue weighted by Gasteiger charge is 1.95. The summed E-state index contributed by atoms with van der Waals surface area (Å²) in [6, 6.07) is 1.83. The van der Waals surface area contributed by atoms with Crippen LogP contribution in [-0.4, -0.2) is 11.2 Å². The Morgan fingerprint density at radius 2 is 2.40 bits per heavy atom. The van der Waals surface area contributed by atoms with Gasteiger partial charge in [0.1, 0.15) is 0 Å². The van der Waals surface area contributed by atoms with E-state index in [0.29, 0.717) is 0 Å². The lowest BCUT2D eigenvalue weighted by atomic mass is 10.1. The van der Waals surface area contributed by atoms with E-state index >= 15 is 0 Å². The van der Waals surface area contributed by atoms with Gasteiger partial charge in [0.2, 0.25) is 0 Å². The van der Waals surface area contributed by atoms with Crippen LogP contribution in [0, 0.1) is 11.3 Å². The lowest BCUT2D eigenvalue weighted by Crippen LogP contribution is -2.00. The maximum atomic E-state index is 9.07. The van der Waals surface area contributed by atoms with Gasteiger partial charge in [0.25, 0.3) is 0 Å². The van der Waals surface area contributed by atoms with Crippen molar-refractivity contribution in [3.63, 3.8) is 0 Å². The molecule has 1 N–H and O–H groups in total. The van der Waals surface area contributed by atoms with Crippen molar-refractivity contribution in [2.75, 3.05) is 0 Å². The van der Waals surface area contributed by atoms with Gasteiger partial charge in [-0.25, -0.2) is 0 Å². The summed E-state index contributed by atoms with van der Waals surface area (Å²) in [5, 5.41) is 17.2. The van der Waals surface area contributed by atoms with Gasteiger partial charge in [-0.05, 0) is 12.5 Å². The van der Waals surface area contributed by atoms with Gasteiger partial charge in [-0.1, -0.05) is 19.8 Å². The van der Waals surface area contributed by atoms with Crippen LogP contribution in [0.2, 0.25) is 0 Å². The van der Waals surface area contributed by atoms with Gasteiger partial charge in [0.05, 0.1) is 12.2 Å². The van der Waals surface area contributed by atoms with Crippen LogP contribution in [0.1, 0.15) is 26.2 Å². The van der Waals surface area contributed by atoms with Crippen molar-refractivity contribution in [1.82, 2.24) is 0 Å². The van der Waals surface area contributed by atoms with Crippen LogP contribution in [0.25, 0.3) is 0 Å². The zero-order valence-corrected chi connectivity index (χ0v) is 6.25. The van der Waals surface area contributed by atoms with Gasteiger partial charge in [-0.2, -0.15) is 5.26 Å². The molecule has 1 atom stereocenters. The average Bonchev–Trinajstić information content (AvgIpc) is 1.97. The quantitative estimate of drug-likeness (QED) is 0.601. The second-order valence-electron chi connectivity index (χ2n) is 2.20. The zero-order valence-electron chi connectivity index (χ0n) is 6.25. The van der Waals surface area contributed by atoms with E-state index in [4.69, 9.17) is 10.4 Å². The Hall–Kier alpha value is -0.810. The fourth-order valence-corrected chi connectivity index (χ4v) is 0.664. The second-order valence-corrected chi connectivity index (χ2v) is 2.20. The molecule has 0 fully saturated rings. The minimum atomic E-state index is -0.431. The van der Waals surface area contributed by atoms with E-state index in [1.165, 1.54) is 12.2 Å². The molecule has 56 valence electrons. The summed E-state index contributed by atoms with van der Waals surface area (Å²) in [5.41, 5.74) is 0. The topological polar surface area (TPSA) is 44.0 Å². The molecular formula is C8H13NO. The maximum absolute atomic E-state index is 9.07. The highest BCUT2D eigenvalue weighted by Crippen LogP contribution is 2.00. The van der Waals surface area contributed by atoms with Gasteiger partial charge in [0, 0.05) is 6.08 Å². The van der Waals surface area contributed by atoms with E-state index in [1.54, 1.807) is 0 Å². The number of aliphatic hydroxyl groups excluding tert-OH is 1. The molecule has 0 aromatic heterocycles. The minimum absolute atomic E-state index is 0.431. The van der Waals surface area contributed by atoms with Crippen LogP contribution < -0.4 is 0 Å². The Morgan fingerprint density at radius 1 is 1.70 bits per heavy atom. The molecule has 0 heterocycles. The molecule has 2 nitrogen and oxygen atoms in total. The van der Waals surface area contributed by atoms with Crippen LogP contribution in [0.3, 0.4) is 0 Å². The van der Waals surface area contributed by atoms with Crippen molar-refractivity contribution < 1.29 is 5.11 Å². The van der Waals surface area contributed by atoms with E-state index in [-0.39, 0.29) is 0 Å².